The molecule has 0 bridgehead atoms. The van der Waals surface area contributed by atoms with Crippen LogP contribution >= 0.6 is 23.1 Å². The van der Waals surface area contributed by atoms with Crippen LogP contribution in [-0.2, 0) is 35.4 Å². The van der Waals surface area contributed by atoms with Crippen molar-refractivity contribution in [2.75, 3.05) is 17.7 Å². The van der Waals surface area contributed by atoms with Crippen molar-refractivity contribution in [3.05, 3.63) is 62.8 Å². The van der Waals surface area contributed by atoms with Crippen LogP contribution in [0.4, 0.5) is 10.8 Å². The Morgan fingerprint density at radius 3 is 2.80 bits per heavy atom. The summed E-state index contributed by atoms with van der Waals surface area (Å²) in [5, 5.41) is 21.0. The number of benzene rings is 1. The van der Waals surface area contributed by atoms with E-state index in [1.807, 2.05) is 6.92 Å². The van der Waals surface area contributed by atoms with E-state index >= 15 is 0 Å². The second-order valence-corrected chi connectivity index (χ2v) is 10.4. The van der Waals surface area contributed by atoms with Gasteiger partial charge in [0.25, 0.3) is 17.5 Å². The Kier molecular flexibility index (Phi) is 9.44. The molecule has 4 rings (SSSR count). The van der Waals surface area contributed by atoms with Gasteiger partial charge in [-0.15, -0.1) is 23.1 Å². The van der Waals surface area contributed by atoms with E-state index < -0.39 is 34.1 Å². The van der Waals surface area contributed by atoms with Gasteiger partial charge >= 0.3 is 5.97 Å². The molecule has 40 heavy (non-hydrogen) atoms. The van der Waals surface area contributed by atoms with Crippen LogP contribution in [0.25, 0.3) is 0 Å². The molecular formula is C24H24N6O8S2. The number of fused-ring (bicyclic) bond motifs is 1. The minimum atomic E-state index is -0.935. The number of anilines is 1. The number of nitrogens with one attached hydrogen (secondary N) is 2. The standard InChI is InChI=1S/C24H24N6O8S2/c1-2-3-9-38-28-18(16-12-40-24(26-16)25-13-31)20(32)27-19-21(33)29-17(8-10-39-22(19)29)23(34)37-11-14-4-6-15(7-5-14)30(35)36/h4-8,12-13,19,22H,2-3,9-11H2,1H3,(H,27,32)(H,25,26,31)/t19?,22-/m0/s1. The van der Waals surface area contributed by atoms with Gasteiger partial charge < -0.3 is 20.2 Å². The van der Waals surface area contributed by atoms with Crippen molar-refractivity contribution in [3.8, 4) is 0 Å². The number of ether oxygens (including phenoxy) is 1. The first kappa shape index (κ1) is 28.7. The lowest BCUT2D eigenvalue weighted by Gasteiger charge is -2.48. The number of thiazole rings is 1. The van der Waals surface area contributed by atoms with Crippen molar-refractivity contribution in [1.29, 1.82) is 0 Å². The molecule has 1 unspecified atom stereocenters. The Morgan fingerprint density at radius 2 is 2.10 bits per heavy atom. The fraction of sp³-hybridized carbons (Fsp3) is 0.333. The van der Waals surface area contributed by atoms with Crippen LogP contribution in [0.5, 0.6) is 0 Å². The van der Waals surface area contributed by atoms with E-state index in [9.17, 15) is 29.3 Å². The van der Waals surface area contributed by atoms with E-state index in [2.05, 4.69) is 20.8 Å². The van der Waals surface area contributed by atoms with Crippen molar-refractivity contribution in [3.63, 3.8) is 0 Å². The molecule has 0 saturated carbocycles. The predicted molar refractivity (Wildman–Crippen MR) is 145 cm³/mol. The molecule has 1 aromatic heterocycles. The molecule has 2 atom stereocenters. The Balaban J connectivity index is 1.40. The Hall–Kier alpha value is -4.31. The highest BCUT2D eigenvalue weighted by molar-refractivity contribution is 8.00. The molecule has 1 fully saturated rings. The van der Waals surface area contributed by atoms with Crippen LogP contribution in [0.2, 0.25) is 0 Å². The molecule has 3 heterocycles. The summed E-state index contributed by atoms with van der Waals surface area (Å²) in [6, 6.07) is 4.63. The van der Waals surface area contributed by atoms with Crippen LogP contribution in [0, 0.1) is 10.1 Å². The Morgan fingerprint density at radius 1 is 1.32 bits per heavy atom. The van der Waals surface area contributed by atoms with Gasteiger partial charge in [0.15, 0.2) is 10.8 Å². The molecule has 0 spiro atoms. The maximum absolute atomic E-state index is 13.2. The largest absolute Gasteiger partial charge is 0.456 e. The number of β-lactam (4-membered cyclic amide) rings is 1. The first-order valence-corrected chi connectivity index (χ1v) is 14.0. The number of amides is 3. The minimum absolute atomic E-state index is 0.0574. The number of esters is 1. The van der Waals surface area contributed by atoms with Crippen LogP contribution in [-0.4, -0.2) is 68.5 Å². The topological polar surface area (TPSA) is 182 Å². The van der Waals surface area contributed by atoms with Crippen molar-refractivity contribution >= 4 is 63.8 Å². The average Bonchev–Trinajstić information content (AvgIpc) is 3.42. The quantitative estimate of drug-likeness (QED) is 0.0669. The number of hydrogen-bond donors (Lipinski definition) is 2. The zero-order chi connectivity index (χ0) is 28.6. The number of aromatic nitrogens is 1. The number of carbonyl (C=O) groups excluding carboxylic acids is 4. The monoisotopic (exact) mass is 588 g/mol. The molecule has 2 aliphatic heterocycles. The normalized spacial score (nSPS) is 18.1. The second kappa shape index (κ2) is 13.2. The van der Waals surface area contributed by atoms with Gasteiger partial charge in [-0.05, 0) is 30.2 Å². The lowest BCUT2D eigenvalue weighted by atomic mass is 10.0. The number of hydrogen-bond acceptors (Lipinski definition) is 12. The molecule has 14 nitrogen and oxygen atoms in total. The van der Waals surface area contributed by atoms with Crippen LogP contribution in [0.1, 0.15) is 31.0 Å². The number of nitro benzene ring substituents is 1. The third-order valence-electron chi connectivity index (χ3n) is 5.75. The second-order valence-electron chi connectivity index (χ2n) is 8.40. The molecule has 2 aliphatic rings. The average molecular weight is 589 g/mol. The van der Waals surface area contributed by atoms with E-state index in [4.69, 9.17) is 9.57 Å². The van der Waals surface area contributed by atoms with Gasteiger partial charge in [-0.1, -0.05) is 18.5 Å². The van der Waals surface area contributed by atoms with E-state index in [-0.39, 0.29) is 41.1 Å². The van der Waals surface area contributed by atoms with Gasteiger partial charge in [-0.25, -0.2) is 9.78 Å². The summed E-state index contributed by atoms with van der Waals surface area (Å²) in [4.78, 5) is 70.7. The van der Waals surface area contributed by atoms with Gasteiger partial charge in [0.2, 0.25) is 6.41 Å². The number of thioether (sulfide) groups is 1. The molecule has 0 aliphatic carbocycles. The van der Waals surface area contributed by atoms with Crippen LogP contribution in [0.3, 0.4) is 0 Å². The maximum atomic E-state index is 13.2. The summed E-state index contributed by atoms with van der Waals surface area (Å²) in [5.74, 6) is -1.53. The van der Waals surface area contributed by atoms with E-state index in [0.29, 0.717) is 17.7 Å². The van der Waals surface area contributed by atoms with Gasteiger partial charge in [0, 0.05) is 23.3 Å². The molecule has 210 valence electrons. The SMILES string of the molecule is CCCCON=C(C(=O)NC1C(=O)N2C(C(=O)OCc3ccc([N+](=O)[O-])cc3)=CCS[C@@H]12)c1csc(NC=O)n1. The molecule has 16 heteroatoms. The molecule has 1 saturated heterocycles. The van der Waals surface area contributed by atoms with E-state index in [0.717, 1.165) is 24.2 Å². The third-order valence-corrected chi connectivity index (χ3v) is 7.71. The van der Waals surface area contributed by atoms with E-state index in [1.54, 1.807) is 6.08 Å². The highest BCUT2D eigenvalue weighted by Gasteiger charge is 2.53. The first-order valence-electron chi connectivity index (χ1n) is 12.1. The number of oxime groups is 1. The predicted octanol–water partition coefficient (Wildman–Crippen LogP) is 2.17. The van der Waals surface area contributed by atoms with Gasteiger partial charge in [-0.2, -0.15) is 0 Å². The summed E-state index contributed by atoms with van der Waals surface area (Å²) in [7, 11) is 0. The summed E-state index contributed by atoms with van der Waals surface area (Å²) in [6.07, 6.45) is 3.61. The smallest absolute Gasteiger partial charge is 0.355 e. The third kappa shape index (κ3) is 6.45. The number of unbranched alkanes of at least 4 members (excludes halogenated alkanes) is 1. The van der Waals surface area contributed by atoms with Crippen molar-refractivity contribution in [2.45, 2.75) is 37.8 Å². The van der Waals surface area contributed by atoms with Crippen molar-refractivity contribution in [2.24, 2.45) is 5.16 Å². The number of nitro groups is 1. The zero-order valence-corrected chi connectivity index (χ0v) is 22.7. The molecule has 1 aromatic carbocycles. The van der Waals surface area contributed by atoms with Gasteiger partial charge in [0.05, 0.1) is 4.92 Å². The zero-order valence-electron chi connectivity index (χ0n) is 21.1. The van der Waals surface area contributed by atoms with Gasteiger partial charge in [0.1, 0.15) is 36.0 Å². The molecule has 2 N–H and O–H groups in total. The Labute approximate surface area is 235 Å². The first-order chi connectivity index (χ1) is 19.3. The fourth-order valence-corrected chi connectivity index (χ4v) is 5.55. The molecule has 3 amide bonds. The van der Waals surface area contributed by atoms with Crippen LogP contribution < -0.4 is 10.6 Å². The number of rotatable bonds is 13. The highest BCUT2D eigenvalue weighted by Crippen LogP contribution is 2.38. The summed E-state index contributed by atoms with van der Waals surface area (Å²) >= 11 is 2.45. The number of nitrogens with zero attached hydrogens (tertiary/aromatic N) is 4. The van der Waals surface area contributed by atoms with Crippen molar-refractivity contribution < 1.29 is 33.7 Å². The highest BCUT2D eigenvalue weighted by atomic mass is 32.2. The van der Waals surface area contributed by atoms with E-state index in [1.165, 1.54) is 46.3 Å². The number of carbonyl (C=O) groups is 4. The lowest BCUT2D eigenvalue weighted by Crippen LogP contribution is -2.70. The van der Waals surface area contributed by atoms with Crippen molar-refractivity contribution in [1.82, 2.24) is 15.2 Å². The number of non-ortho nitro benzene ring substituents is 1. The van der Waals surface area contributed by atoms with Gasteiger partial charge in [-0.3, -0.25) is 29.4 Å². The minimum Gasteiger partial charge on any atom is -0.456 e. The maximum Gasteiger partial charge on any atom is 0.355 e. The molecule has 0 radical (unpaired) electrons. The summed E-state index contributed by atoms with van der Waals surface area (Å²) < 4.78 is 5.33. The van der Waals surface area contributed by atoms with Crippen LogP contribution in [0.15, 0.2) is 46.6 Å². The summed E-state index contributed by atoms with van der Waals surface area (Å²) in [5.41, 5.74) is 0.526. The Bertz CT molecular complexity index is 1360. The molecule has 2 aromatic rings. The summed E-state index contributed by atoms with van der Waals surface area (Å²) in [6.45, 7) is 2.12. The fourth-order valence-electron chi connectivity index (χ4n) is 3.70. The lowest BCUT2D eigenvalue weighted by molar-refractivity contribution is -0.384. The molecular weight excluding hydrogens is 564 g/mol.